The number of rotatable bonds is 3. The summed E-state index contributed by atoms with van der Waals surface area (Å²) in [7, 11) is 0. The van der Waals surface area contributed by atoms with Crippen molar-refractivity contribution >= 4 is 0 Å². The highest BCUT2D eigenvalue weighted by Crippen LogP contribution is 2.03. The molecule has 5 nitrogen and oxygen atoms in total. The van der Waals surface area contributed by atoms with E-state index in [-0.39, 0.29) is 0 Å². The Morgan fingerprint density at radius 3 is 3.00 bits per heavy atom. The van der Waals surface area contributed by atoms with E-state index in [2.05, 4.69) is 22.0 Å². The van der Waals surface area contributed by atoms with E-state index in [4.69, 9.17) is 4.52 Å². The molecule has 0 atom stereocenters. The van der Waals surface area contributed by atoms with Gasteiger partial charge in [-0.2, -0.15) is 4.98 Å². The number of nitrogens with zero attached hydrogens (tertiary/aromatic N) is 4. The Balaban J connectivity index is 2.18. The van der Waals surface area contributed by atoms with Gasteiger partial charge in [-0.15, -0.1) is 0 Å². The fraction of sp³-hybridized carbons (Fsp3) is 0.444. The van der Waals surface area contributed by atoms with Crippen molar-refractivity contribution in [2.75, 3.05) is 0 Å². The fourth-order valence-electron chi connectivity index (χ4n) is 1.36. The zero-order chi connectivity index (χ0) is 9.97. The third kappa shape index (κ3) is 1.66. The van der Waals surface area contributed by atoms with Gasteiger partial charge >= 0.3 is 0 Å². The Hall–Kier alpha value is -1.65. The Bertz CT molecular complexity index is 418. The van der Waals surface area contributed by atoms with Crippen molar-refractivity contribution in [3.63, 3.8) is 0 Å². The maximum atomic E-state index is 4.89. The average Bonchev–Trinajstić information content (AvgIpc) is 2.76. The molecule has 14 heavy (non-hydrogen) atoms. The minimum absolute atomic E-state index is 0.596. The molecule has 5 heteroatoms. The summed E-state index contributed by atoms with van der Waals surface area (Å²) in [6.45, 7) is 4.48. The van der Waals surface area contributed by atoms with Gasteiger partial charge in [-0.3, -0.25) is 0 Å². The first-order chi connectivity index (χ1) is 6.79. The standard InChI is InChI=1S/C9H12N4O/c1-3-9-10-4-5-13(9)6-8-11-7(2)14-12-8/h4-5H,3,6H2,1-2H3. The summed E-state index contributed by atoms with van der Waals surface area (Å²) in [5.41, 5.74) is 0. The zero-order valence-electron chi connectivity index (χ0n) is 8.27. The summed E-state index contributed by atoms with van der Waals surface area (Å²) < 4.78 is 6.91. The molecular weight excluding hydrogens is 180 g/mol. The lowest BCUT2D eigenvalue weighted by Gasteiger charge is -2.01. The SMILES string of the molecule is CCc1nccn1Cc1noc(C)n1. The van der Waals surface area contributed by atoms with Gasteiger partial charge in [0.15, 0.2) is 5.82 Å². The van der Waals surface area contributed by atoms with E-state index < -0.39 is 0 Å². The van der Waals surface area contributed by atoms with E-state index in [9.17, 15) is 0 Å². The van der Waals surface area contributed by atoms with E-state index in [0.717, 1.165) is 12.2 Å². The fourth-order valence-corrected chi connectivity index (χ4v) is 1.36. The maximum Gasteiger partial charge on any atom is 0.223 e. The van der Waals surface area contributed by atoms with E-state index in [1.807, 2.05) is 10.8 Å². The second-order valence-corrected chi connectivity index (χ2v) is 3.05. The molecule has 0 spiro atoms. The second-order valence-electron chi connectivity index (χ2n) is 3.05. The Morgan fingerprint density at radius 1 is 1.50 bits per heavy atom. The van der Waals surface area contributed by atoms with Gasteiger partial charge in [0.05, 0.1) is 6.54 Å². The highest BCUT2D eigenvalue weighted by molar-refractivity contribution is 4.96. The van der Waals surface area contributed by atoms with E-state index in [0.29, 0.717) is 18.3 Å². The molecule has 2 rings (SSSR count). The molecule has 0 saturated heterocycles. The van der Waals surface area contributed by atoms with E-state index in [1.165, 1.54) is 0 Å². The lowest BCUT2D eigenvalue weighted by Crippen LogP contribution is -2.04. The van der Waals surface area contributed by atoms with Crippen LogP contribution in [0.4, 0.5) is 0 Å². The predicted molar refractivity (Wildman–Crippen MR) is 49.7 cm³/mol. The van der Waals surface area contributed by atoms with Crippen LogP contribution >= 0.6 is 0 Å². The van der Waals surface area contributed by atoms with Gasteiger partial charge in [-0.1, -0.05) is 12.1 Å². The van der Waals surface area contributed by atoms with Gasteiger partial charge < -0.3 is 9.09 Å². The van der Waals surface area contributed by atoms with Crippen LogP contribution in [0.2, 0.25) is 0 Å². The molecular formula is C9H12N4O. The molecule has 0 unspecified atom stereocenters. The van der Waals surface area contributed by atoms with Crippen LogP contribution in [0.1, 0.15) is 24.5 Å². The average molecular weight is 192 g/mol. The number of hydrogen-bond acceptors (Lipinski definition) is 4. The number of hydrogen-bond donors (Lipinski definition) is 0. The van der Waals surface area contributed by atoms with Crippen LogP contribution in [0.25, 0.3) is 0 Å². The quantitative estimate of drug-likeness (QED) is 0.732. The van der Waals surface area contributed by atoms with Gasteiger partial charge in [-0.25, -0.2) is 4.98 Å². The van der Waals surface area contributed by atoms with E-state index in [1.54, 1.807) is 13.1 Å². The molecule has 0 aliphatic carbocycles. The molecule has 0 saturated carbocycles. The maximum absolute atomic E-state index is 4.89. The molecule has 0 radical (unpaired) electrons. The van der Waals surface area contributed by atoms with Crippen LogP contribution < -0.4 is 0 Å². The molecule has 0 aliphatic heterocycles. The summed E-state index contributed by atoms with van der Waals surface area (Å²) in [6.07, 6.45) is 4.61. The van der Waals surface area contributed by atoms with E-state index >= 15 is 0 Å². The molecule has 74 valence electrons. The van der Waals surface area contributed by atoms with Crippen LogP contribution in [0, 0.1) is 6.92 Å². The van der Waals surface area contributed by atoms with Crippen LogP contribution in [0.15, 0.2) is 16.9 Å². The zero-order valence-corrected chi connectivity index (χ0v) is 8.27. The molecule has 2 heterocycles. The Labute approximate surface area is 81.8 Å². The summed E-state index contributed by atoms with van der Waals surface area (Å²) in [5, 5.41) is 3.83. The summed E-state index contributed by atoms with van der Waals surface area (Å²) in [6, 6.07) is 0. The van der Waals surface area contributed by atoms with Gasteiger partial charge in [-0.05, 0) is 0 Å². The third-order valence-corrected chi connectivity index (χ3v) is 2.00. The minimum atomic E-state index is 0.596. The lowest BCUT2D eigenvalue weighted by atomic mass is 10.4. The van der Waals surface area contributed by atoms with Gasteiger partial charge in [0.2, 0.25) is 5.89 Å². The molecule has 0 N–H and O–H groups in total. The molecule has 0 fully saturated rings. The van der Waals surface area contributed by atoms with Crippen LogP contribution in [0.5, 0.6) is 0 Å². The van der Waals surface area contributed by atoms with Crippen molar-refractivity contribution in [1.82, 2.24) is 19.7 Å². The van der Waals surface area contributed by atoms with Crippen molar-refractivity contribution in [2.24, 2.45) is 0 Å². The smallest absolute Gasteiger partial charge is 0.223 e. The van der Waals surface area contributed by atoms with Gasteiger partial charge in [0, 0.05) is 25.7 Å². The number of imidazole rings is 1. The normalized spacial score (nSPS) is 10.7. The van der Waals surface area contributed by atoms with Crippen molar-refractivity contribution in [1.29, 1.82) is 0 Å². The predicted octanol–water partition coefficient (Wildman–Crippen LogP) is 1.19. The first-order valence-corrected chi connectivity index (χ1v) is 4.58. The minimum Gasteiger partial charge on any atom is -0.340 e. The largest absolute Gasteiger partial charge is 0.340 e. The summed E-state index contributed by atoms with van der Waals surface area (Å²) in [5.74, 6) is 2.32. The van der Waals surface area contributed by atoms with Gasteiger partial charge in [0.25, 0.3) is 0 Å². The molecule has 0 aromatic carbocycles. The molecule has 2 aromatic rings. The molecule has 0 aliphatic rings. The van der Waals surface area contributed by atoms with Crippen molar-refractivity contribution < 1.29 is 4.52 Å². The topological polar surface area (TPSA) is 56.7 Å². The van der Waals surface area contributed by atoms with Crippen LogP contribution in [-0.4, -0.2) is 19.7 Å². The van der Waals surface area contributed by atoms with Crippen molar-refractivity contribution in [2.45, 2.75) is 26.8 Å². The number of aromatic nitrogens is 4. The third-order valence-electron chi connectivity index (χ3n) is 2.00. The lowest BCUT2D eigenvalue weighted by molar-refractivity contribution is 0.386. The highest BCUT2D eigenvalue weighted by atomic mass is 16.5. The first kappa shape index (κ1) is 8.93. The van der Waals surface area contributed by atoms with Crippen molar-refractivity contribution in [3.05, 3.63) is 29.9 Å². The molecule has 2 aromatic heterocycles. The molecule has 0 bridgehead atoms. The van der Waals surface area contributed by atoms with Crippen LogP contribution in [-0.2, 0) is 13.0 Å². The van der Waals surface area contributed by atoms with Gasteiger partial charge in [0.1, 0.15) is 5.82 Å². The first-order valence-electron chi connectivity index (χ1n) is 4.58. The number of aryl methyl sites for hydroxylation is 2. The highest BCUT2D eigenvalue weighted by Gasteiger charge is 2.05. The summed E-state index contributed by atoms with van der Waals surface area (Å²) >= 11 is 0. The Kier molecular flexibility index (Phi) is 2.30. The second kappa shape index (κ2) is 3.61. The molecule has 0 amide bonds. The Morgan fingerprint density at radius 2 is 2.36 bits per heavy atom. The monoisotopic (exact) mass is 192 g/mol. The summed E-state index contributed by atoms with van der Waals surface area (Å²) in [4.78, 5) is 8.35. The van der Waals surface area contributed by atoms with Crippen molar-refractivity contribution in [3.8, 4) is 0 Å². The van der Waals surface area contributed by atoms with Crippen LogP contribution in [0.3, 0.4) is 0 Å².